The van der Waals surface area contributed by atoms with Crippen molar-refractivity contribution >= 4 is 21.8 Å². The molecule has 0 saturated carbocycles. The van der Waals surface area contributed by atoms with Crippen LogP contribution in [0.2, 0.25) is 0 Å². The van der Waals surface area contributed by atoms with Crippen molar-refractivity contribution in [2.45, 2.75) is 12.6 Å². The molecule has 0 fully saturated rings. The van der Waals surface area contributed by atoms with Gasteiger partial charge in [-0.2, -0.15) is 0 Å². The number of benzene rings is 2. The fourth-order valence-electron chi connectivity index (χ4n) is 1.78. The number of hydrogen-bond acceptors (Lipinski definition) is 2. The van der Waals surface area contributed by atoms with Crippen LogP contribution in [0.4, 0.5) is 4.39 Å². The normalized spacial score (nSPS) is 11.9. The van der Waals surface area contributed by atoms with Crippen molar-refractivity contribution in [3.8, 4) is 0 Å². The zero-order valence-corrected chi connectivity index (χ0v) is 12.2. The van der Waals surface area contributed by atoms with Gasteiger partial charge in [-0.3, -0.25) is 4.79 Å². The molecule has 0 bridgehead atoms. The number of nitrogens with two attached hydrogens (primary N) is 1. The Balaban J connectivity index is 2.00. The summed E-state index contributed by atoms with van der Waals surface area (Å²) in [6.45, 7) is 0.102. The quantitative estimate of drug-likeness (QED) is 0.901. The topological polar surface area (TPSA) is 55.1 Å². The van der Waals surface area contributed by atoms with E-state index in [0.717, 1.165) is 10.0 Å². The van der Waals surface area contributed by atoms with E-state index in [2.05, 4.69) is 21.2 Å². The highest BCUT2D eigenvalue weighted by atomic mass is 79.9. The van der Waals surface area contributed by atoms with Crippen LogP contribution in [0.5, 0.6) is 0 Å². The van der Waals surface area contributed by atoms with Crippen LogP contribution in [-0.4, -0.2) is 5.91 Å². The average molecular weight is 337 g/mol. The fraction of sp³-hybridized carbons (Fsp3) is 0.133. The molecule has 2 aromatic rings. The van der Waals surface area contributed by atoms with Gasteiger partial charge in [-0.25, -0.2) is 4.39 Å². The molecule has 0 heterocycles. The zero-order chi connectivity index (χ0) is 14.5. The average Bonchev–Trinajstić information content (AvgIpc) is 2.48. The van der Waals surface area contributed by atoms with Gasteiger partial charge in [0.1, 0.15) is 11.9 Å². The summed E-state index contributed by atoms with van der Waals surface area (Å²) >= 11 is 3.26. The van der Waals surface area contributed by atoms with Crippen LogP contribution >= 0.6 is 15.9 Å². The van der Waals surface area contributed by atoms with Gasteiger partial charge < -0.3 is 11.1 Å². The van der Waals surface area contributed by atoms with E-state index in [4.69, 9.17) is 5.73 Å². The largest absolute Gasteiger partial charge is 0.350 e. The molecule has 0 saturated heterocycles. The summed E-state index contributed by atoms with van der Waals surface area (Å²) in [5.41, 5.74) is 6.99. The van der Waals surface area contributed by atoms with Gasteiger partial charge >= 0.3 is 0 Å². The molecule has 104 valence electrons. The highest BCUT2D eigenvalue weighted by molar-refractivity contribution is 9.10. The Bertz CT molecular complexity index is 604. The highest BCUT2D eigenvalue weighted by Crippen LogP contribution is 2.16. The van der Waals surface area contributed by atoms with Crippen LogP contribution in [0, 0.1) is 5.82 Å². The third-order valence-corrected chi connectivity index (χ3v) is 3.40. The van der Waals surface area contributed by atoms with Crippen molar-refractivity contribution in [2.75, 3.05) is 0 Å². The van der Waals surface area contributed by atoms with Crippen LogP contribution in [0.15, 0.2) is 53.0 Å². The molecule has 0 aliphatic rings. The highest BCUT2D eigenvalue weighted by Gasteiger charge is 2.15. The number of carbonyl (C=O) groups excluding carboxylic acids is 1. The van der Waals surface area contributed by atoms with Crippen LogP contribution in [-0.2, 0) is 11.3 Å². The number of amides is 1. The predicted molar refractivity (Wildman–Crippen MR) is 79.3 cm³/mol. The molecule has 20 heavy (non-hydrogen) atoms. The minimum atomic E-state index is -0.758. The number of rotatable bonds is 4. The van der Waals surface area contributed by atoms with Gasteiger partial charge in [0.25, 0.3) is 0 Å². The van der Waals surface area contributed by atoms with E-state index in [0.29, 0.717) is 5.56 Å². The predicted octanol–water partition coefficient (Wildman–Crippen LogP) is 2.90. The summed E-state index contributed by atoms with van der Waals surface area (Å²) in [7, 11) is 0. The lowest BCUT2D eigenvalue weighted by atomic mass is 10.1. The third-order valence-electron chi connectivity index (χ3n) is 2.90. The van der Waals surface area contributed by atoms with Gasteiger partial charge in [0.2, 0.25) is 5.91 Å². The Morgan fingerprint density at radius 3 is 2.65 bits per heavy atom. The lowest BCUT2D eigenvalue weighted by molar-refractivity contribution is -0.122. The van der Waals surface area contributed by atoms with Gasteiger partial charge in [-0.15, -0.1) is 0 Å². The number of hydrogen-bond donors (Lipinski definition) is 2. The molecule has 0 aliphatic heterocycles. The van der Waals surface area contributed by atoms with Crippen molar-refractivity contribution in [3.05, 3.63) is 69.9 Å². The molecular formula is C15H14BrFN2O. The Morgan fingerprint density at radius 1 is 1.25 bits per heavy atom. The van der Waals surface area contributed by atoms with Gasteiger partial charge in [0.15, 0.2) is 0 Å². The summed E-state index contributed by atoms with van der Waals surface area (Å²) < 4.78 is 14.3. The maximum absolute atomic E-state index is 13.5. The first-order valence-corrected chi connectivity index (χ1v) is 6.89. The molecule has 1 amide bonds. The van der Waals surface area contributed by atoms with Gasteiger partial charge in [-0.1, -0.05) is 46.3 Å². The molecule has 3 N–H and O–H groups in total. The van der Waals surface area contributed by atoms with Crippen molar-refractivity contribution in [1.29, 1.82) is 0 Å². The number of nitrogens with one attached hydrogen (secondary N) is 1. The molecule has 2 rings (SSSR count). The Morgan fingerprint density at radius 2 is 1.95 bits per heavy atom. The first kappa shape index (κ1) is 14.7. The monoisotopic (exact) mass is 336 g/mol. The second kappa shape index (κ2) is 6.63. The van der Waals surface area contributed by atoms with Crippen LogP contribution in [0.1, 0.15) is 17.2 Å². The fourth-order valence-corrected chi connectivity index (χ4v) is 2.19. The summed E-state index contributed by atoms with van der Waals surface area (Å²) in [6.07, 6.45) is 0. The molecular weight excluding hydrogens is 323 g/mol. The molecule has 0 aromatic heterocycles. The van der Waals surface area contributed by atoms with E-state index in [1.165, 1.54) is 6.07 Å². The maximum Gasteiger partial charge on any atom is 0.241 e. The Hall–Kier alpha value is -1.72. The second-order valence-corrected chi connectivity index (χ2v) is 5.26. The molecule has 2 aromatic carbocycles. The van der Waals surface area contributed by atoms with Gasteiger partial charge in [0.05, 0.1) is 0 Å². The van der Waals surface area contributed by atoms with E-state index in [9.17, 15) is 9.18 Å². The first-order chi connectivity index (χ1) is 9.58. The van der Waals surface area contributed by atoms with E-state index in [1.807, 2.05) is 18.2 Å². The first-order valence-electron chi connectivity index (χ1n) is 6.10. The van der Waals surface area contributed by atoms with E-state index in [1.54, 1.807) is 24.3 Å². The minimum Gasteiger partial charge on any atom is -0.350 e. The maximum atomic E-state index is 13.5. The van der Waals surface area contributed by atoms with Crippen molar-refractivity contribution in [3.63, 3.8) is 0 Å². The van der Waals surface area contributed by atoms with E-state index < -0.39 is 6.04 Å². The number of halogens is 2. The third kappa shape index (κ3) is 3.65. The molecule has 0 unspecified atom stereocenters. The summed E-state index contributed by atoms with van der Waals surface area (Å²) in [4.78, 5) is 11.9. The van der Waals surface area contributed by atoms with Crippen molar-refractivity contribution in [2.24, 2.45) is 5.73 Å². The molecule has 1 atom stereocenters. The van der Waals surface area contributed by atoms with Crippen LogP contribution in [0.3, 0.4) is 0 Å². The molecule has 0 radical (unpaired) electrons. The zero-order valence-electron chi connectivity index (χ0n) is 10.6. The van der Waals surface area contributed by atoms with Crippen molar-refractivity contribution < 1.29 is 9.18 Å². The molecule has 0 aliphatic carbocycles. The second-order valence-electron chi connectivity index (χ2n) is 4.34. The Kier molecular flexibility index (Phi) is 4.87. The van der Waals surface area contributed by atoms with E-state index >= 15 is 0 Å². The van der Waals surface area contributed by atoms with Crippen LogP contribution in [0.25, 0.3) is 0 Å². The molecule has 0 spiro atoms. The summed E-state index contributed by atoms with van der Waals surface area (Å²) in [6, 6.07) is 12.9. The van der Waals surface area contributed by atoms with Gasteiger partial charge in [0, 0.05) is 16.6 Å². The van der Waals surface area contributed by atoms with Gasteiger partial charge in [-0.05, 0) is 23.8 Å². The summed E-state index contributed by atoms with van der Waals surface area (Å²) in [5, 5.41) is 2.64. The smallest absolute Gasteiger partial charge is 0.241 e. The van der Waals surface area contributed by atoms with Crippen molar-refractivity contribution in [1.82, 2.24) is 5.32 Å². The SMILES string of the molecule is N[C@H](C(=O)NCc1cc(Br)ccc1F)c1ccccc1. The lowest BCUT2D eigenvalue weighted by Crippen LogP contribution is -2.33. The standard InChI is InChI=1S/C15H14BrFN2O/c16-12-6-7-13(17)11(8-12)9-19-15(20)14(18)10-4-2-1-3-5-10/h1-8,14H,9,18H2,(H,19,20)/t14-/m0/s1. The number of carbonyl (C=O) groups is 1. The molecule has 3 nitrogen and oxygen atoms in total. The van der Waals surface area contributed by atoms with E-state index in [-0.39, 0.29) is 18.3 Å². The van der Waals surface area contributed by atoms with Crippen LogP contribution < -0.4 is 11.1 Å². The Labute approximate surface area is 125 Å². The lowest BCUT2D eigenvalue weighted by Gasteiger charge is -2.13. The minimum absolute atomic E-state index is 0.102. The molecule has 5 heteroatoms. The summed E-state index contributed by atoms with van der Waals surface area (Å²) in [5.74, 6) is -0.697.